The maximum atomic E-state index is 11.5. The Hall–Kier alpha value is -2.30. The molecule has 0 amide bonds. The third-order valence-corrected chi connectivity index (χ3v) is 2.20. The van der Waals surface area contributed by atoms with Gasteiger partial charge in [0.25, 0.3) is 0 Å². The van der Waals surface area contributed by atoms with Gasteiger partial charge in [0.2, 0.25) is 0 Å². The van der Waals surface area contributed by atoms with Crippen molar-refractivity contribution in [3.63, 3.8) is 0 Å². The molecule has 0 saturated heterocycles. The third kappa shape index (κ3) is 3.35. The van der Waals surface area contributed by atoms with Crippen molar-refractivity contribution in [2.75, 3.05) is 14.2 Å². The number of hydrogen-bond donors (Lipinski definition) is 0. The fourth-order valence-corrected chi connectivity index (χ4v) is 1.40. The van der Waals surface area contributed by atoms with Gasteiger partial charge in [-0.1, -0.05) is 6.58 Å². The molecule has 0 aromatic heterocycles. The predicted octanol–water partition coefficient (Wildman–Crippen LogP) is 1.92. The van der Waals surface area contributed by atoms with Gasteiger partial charge < -0.3 is 14.2 Å². The summed E-state index contributed by atoms with van der Waals surface area (Å²) >= 11 is 0. The van der Waals surface area contributed by atoms with Crippen molar-refractivity contribution in [2.45, 2.75) is 6.61 Å². The number of carbonyl (C=O) groups excluding carboxylic acids is 2. The van der Waals surface area contributed by atoms with Crippen molar-refractivity contribution in [1.82, 2.24) is 0 Å². The Bertz CT molecular complexity index is 430. The molecule has 0 fully saturated rings. The first-order valence-corrected chi connectivity index (χ1v) is 5.15. The highest BCUT2D eigenvalue weighted by atomic mass is 16.5. The molecule has 0 aliphatic heterocycles. The summed E-state index contributed by atoms with van der Waals surface area (Å²) in [5.41, 5.74) is 1.18. The van der Waals surface area contributed by atoms with E-state index >= 15 is 0 Å². The van der Waals surface area contributed by atoms with E-state index in [4.69, 9.17) is 4.74 Å². The van der Waals surface area contributed by atoms with E-state index in [2.05, 4.69) is 16.1 Å². The Balaban J connectivity index is 3.14. The lowest BCUT2D eigenvalue weighted by Gasteiger charge is -2.07. The van der Waals surface area contributed by atoms with E-state index < -0.39 is 11.9 Å². The largest absolute Gasteiger partial charge is 0.497 e. The molecule has 96 valence electrons. The molecule has 1 aromatic rings. The maximum Gasteiger partial charge on any atom is 0.337 e. The van der Waals surface area contributed by atoms with E-state index in [-0.39, 0.29) is 17.7 Å². The van der Waals surface area contributed by atoms with Crippen LogP contribution >= 0.6 is 0 Å². The normalized spacial score (nSPS) is 9.44. The number of rotatable bonds is 5. The predicted molar refractivity (Wildman–Crippen MR) is 64.1 cm³/mol. The third-order valence-electron chi connectivity index (χ3n) is 2.20. The Kier molecular flexibility index (Phi) is 4.92. The minimum atomic E-state index is -0.527. The van der Waals surface area contributed by atoms with Crippen LogP contribution in [0.2, 0.25) is 0 Å². The van der Waals surface area contributed by atoms with E-state index in [1.165, 1.54) is 26.5 Å². The van der Waals surface area contributed by atoms with Gasteiger partial charge in [-0.25, -0.2) is 9.59 Å². The lowest BCUT2D eigenvalue weighted by molar-refractivity contribution is 0.0598. The van der Waals surface area contributed by atoms with E-state index in [0.717, 1.165) is 0 Å². The molecule has 5 nitrogen and oxygen atoms in total. The molecule has 1 rings (SSSR count). The van der Waals surface area contributed by atoms with E-state index in [1.54, 1.807) is 12.1 Å². The van der Waals surface area contributed by atoms with Gasteiger partial charge in [0.1, 0.15) is 6.61 Å². The Morgan fingerprint density at radius 1 is 1.11 bits per heavy atom. The van der Waals surface area contributed by atoms with Crippen LogP contribution in [-0.2, 0) is 20.8 Å². The van der Waals surface area contributed by atoms with Crippen LogP contribution in [0.1, 0.15) is 26.3 Å². The zero-order chi connectivity index (χ0) is 13.5. The van der Waals surface area contributed by atoms with Crippen molar-refractivity contribution < 1.29 is 23.8 Å². The zero-order valence-electron chi connectivity index (χ0n) is 10.3. The molecule has 18 heavy (non-hydrogen) atoms. The minimum absolute atomic E-state index is 0.207. The quantitative estimate of drug-likeness (QED) is 0.590. The lowest BCUT2D eigenvalue weighted by Crippen LogP contribution is -2.08. The molecule has 0 N–H and O–H groups in total. The minimum Gasteiger partial charge on any atom is -0.497 e. The highest BCUT2D eigenvalue weighted by Gasteiger charge is 2.13. The smallest absolute Gasteiger partial charge is 0.337 e. The van der Waals surface area contributed by atoms with Gasteiger partial charge in [-0.05, 0) is 23.8 Å². The lowest BCUT2D eigenvalue weighted by atomic mass is 10.1. The summed E-state index contributed by atoms with van der Waals surface area (Å²) in [5.74, 6) is -1.05. The molecule has 5 heteroatoms. The van der Waals surface area contributed by atoms with Gasteiger partial charge >= 0.3 is 11.9 Å². The van der Waals surface area contributed by atoms with Gasteiger partial charge in [0.05, 0.1) is 31.6 Å². The summed E-state index contributed by atoms with van der Waals surface area (Å²) in [7, 11) is 2.54. The van der Waals surface area contributed by atoms with Gasteiger partial charge in [-0.15, -0.1) is 0 Å². The van der Waals surface area contributed by atoms with Crippen LogP contribution in [-0.4, -0.2) is 26.2 Å². The molecule has 1 aromatic carbocycles. The average Bonchev–Trinajstić information content (AvgIpc) is 2.42. The molecular weight excluding hydrogens is 236 g/mol. The first kappa shape index (κ1) is 13.8. The summed E-state index contributed by atoms with van der Waals surface area (Å²) in [6.07, 6.45) is 1.28. The van der Waals surface area contributed by atoms with Crippen molar-refractivity contribution in [3.05, 3.63) is 47.7 Å². The van der Waals surface area contributed by atoms with Crippen LogP contribution < -0.4 is 0 Å². The number of benzene rings is 1. The van der Waals surface area contributed by atoms with Crippen LogP contribution in [0.5, 0.6) is 0 Å². The summed E-state index contributed by atoms with van der Waals surface area (Å²) in [6, 6.07) is 4.58. The highest BCUT2D eigenvalue weighted by Crippen LogP contribution is 2.14. The second kappa shape index (κ2) is 6.44. The van der Waals surface area contributed by atoms with Crippen molar-refractivity contribution in [2.24, 2.45) is 0 Å². The van der Waals surface area contributed by atoms with Crippen molar-refractivity contribution >= 4 is 11.9 Å². The molecule has 0 atom stereocenters. The number of ether oxygens (including phenoxy) is 3. The molecule has 0 heterocycles. The second-order valence-electron chi connectivity index (χ2n) is 3.38. The molecule has 0 bridgehead atoms. The van der Waals surface area contributed by atoms with E-state index in [1.807, 2.05) is 0 Å². The Morgan fingerprint density at radius 2 is 1.61 bits per heavy atom. The number of carbonyl (C=O) groups is 2. The first-order chi connectivity index (χ1) is 8.62. The Labute approximate surface area is 105 Å². The second-order valence-corrected chi connectivity index (χ2v) is 3.38. The fraction of sp³-hybridized carbons (Fsp3) is 0.231. The van der Waals surface area contributed by atoms with Gasteiger partial charge in [0.15, 0.2) is 0 Å². The first-order valence-electron chi connectivity index (χ1n) is 5.15. The summed E-state index contributed by atoms with van der Waals surface area (Å²) < 4.78 is 14.2. The topological polar surface area (TPSA) is 61.8 Å². The average molecular weight is 250 g/mol. The van der Waals surface area contributed by atoms with Crippen molar-refractivity contribution in [1.29, 1.82) is 0 Å². The van der Waals surface area contributed by atoms with Crippen LogP contribution in [0.25, 0.3) is 0 Å². The number of hydrogen-bond acceptors (Lipinski definition) is 5. The van der Waals surface area contributed by atoms with Crippen LogP contribution in [0.4, 0.5) is 0 Å². The van der Waals surface area contributed by atoms with E-state index in [9.17, 15) is 9.59 Å². The summed E-state index contributed by atoms with van der Waals surface area (Å²) in [5, 5.41) is 0. The monoisotopic (exact) mass is 250 g/mol. The Morgan fingerprint density at radius 3 is 2.00 bits per heavy atom. The van der Waals surface area contributed by atoms with Crippen LogP contribution in [0.15, 0.2) is 31.0 Å². The maximum absolute atomic E-state index is 11.5. The molecule has 0 saturated carbocycles. The fourth-order valence-electron chi connectivity index (χ4n) is 1.40. The summed E-state index contributed by atoms with van der Waals surface area (Å²) in [6.45, 7) is 3.62. The molecule has 0 aliphatic carbocycles. The summed E-state index contributed by atoms with van der Waals surface area (Å²) in [4.78, 5) is 22.9. The molecular formula is C13H14O5. The molecule has 0 radical (unpaired) electrons. The molecule has 0 aliphatic rings. The van der Waals surface area contributed by atoms with Crippen molar-refractivity contribution in [3.8, 4) is 0 Å². The highest BCUT2D eigenvalue weighted by molar-refractivity contribution is 5.95. The van der Waals surface area contributed by atoms with E-state index in [0.29, 0.717) is 5.56 Å². The zero-order valence-corrected chi connectivity index (χ0v) is 10.3. The number of esters is 2. The standard InChI is InChI=1S/C13H14O5/c1-4-18-8-9-5-10(12(14)16-2)7-11(6-9)13(15)17-3/h4-7H,1,8H2,2-3H3. The molecule has 0 unspecified atom stereocenters. The van der Waals surface area contributed by atoms with Gasteiger partial charge in [0, 0.05) is 0 Å². The number of methoxy groups -OCH3 is 2. The SMILES string of the molecule is C=COCc1cc(C(=O)OC)cc(C(=O)OC)c1. The van der Waals surface area contributed by atoms with Gasteiger partial charge in [-0.3, -0.25) is 0 Å². The van der Waals surface area contributed by atoms with Gasteiger partial charge in [-0.2, -0.15) is 0 Å². The van der Waals surface area contributed by atoms with Crippen LogP contribution in [0.3, 0.4) is 0 Å². The molecule has 0 spiro atoms. The van der Waals surface area contributed by atoms with Crippen LogP contribution in [0, 0.1) is 0 Å².